The molecule has 18 heavy (non-hydrogen) atoms. The van der Waals surface area contributed by atoms with Crippen LogP contribution in [0.3, 0.4) is 0 Å². The van der Waals surface area contributed by atoms with Crippen LogP contribution in [-0.4, -0.2) is 19.1 Å². The van der Waals surface area contributed by atoms with E-state index in [1.165, 1.54) is 7.11 Å². The molecule has 0 aliphatic carbocycles. The number of methoxy groups -OCH3 is 1. The van der Waals surface area contributed by atoms with Crippen LogP contribution in [0.25, 0.3) is 0 Å². The maximum Gasteiger partial charge on any atom is 0.389 e. The number of carbonyl (C=O) groups is 1. The standard InChI is InChI=1S/C13H15F3O2/c1-18-12(10-6-3-2-4-7-10)11(17)8-5-9-13(14,15)16/h2-4,6-7,12H,5,8-9H2,1H3. The van der Waals surface area contributed by atoms with Crippen molar-refractivity contribution in [3.63, 3.8) is 0 Å². The van der Waals surface area contributed by atoms with Crippen LogP contribution in [0.4, 0.5) is 13.2 Å². The van der Waals surface area contributed by atoms with Gasteiger partial charge in [-0.3, -0.25) is 4.79 Å². The van der Waals surface area contributed by atoms with Gasteiger partial charge in [-0.1, -0.05) is 30.3 Å². The zero-order valence-electron chi connectivity index (χ0n) is 10.0. The Morgan fingerprint density at radius 1 is 1.28 bits per heavy atom. The van der Waals surface area contributed by atoms with E-state index < -0.39 is 18.7 Å². The number of halogens is 3. The fourth-order valence-corrected chi connectivity index (χ4v) is 1.68. The molecule has 2 nitrogen and oxygen atoms in total. The monoisotopic (exact) mass is 260 g/mol. The van der Waals surface area contributed by atoms with Crippen LogP contribution >= 0.6 is 0 Å². The molecule has 0 aromatic heterocycles. The number of carbonyl (C=O) groups excluding carboxylic acids is 1. The van der Waals surface area contributed by atoms with Crippen LogP contribution in [-0.2, 0) is 9.53 Å². The summed E-state index contributed by atoms with van der Waals surface area (Å²) in [5.41, 5.74) is 0.664. The van der Waals surface area contributed by atoms with Crippen LogP contribution in [0.15, 0.2) is 30.3 Å². The summed E-state index contributed by atoms with van der Waals surface area (Å²) in [6.45, 7) is 0. The van der Waals surface area contributed by atoms with Crippen LogP contribution in [0.2, 0.25) is 0 Å². The Bertz CT molecular complexity index is 374. The molecule has 0 amide bonds. The summed E-state index contributed by atoms with van der Waals surface area (Å²) in [4.78, 5) is 11.8. The van der Waals surface area contributed by atoms with Gasteiger partial charge in [-0.2, -0.15) is 13.2 Å². The highest BCUT2D eigenvalue weighted by molar-refractivity contribution is 5.84. The zero-order chi connectivity index (χ0) is 13.6. The number of hydrogen-bond donors (Lipinski definition) is 0. The van der Waals surface area contributed by atoms with Gasteiger partial charge in [0.05, 0.1) is 0 Å². The third-order valence-corrected chi connectivity index (χ3v) is 2.51. The number of ether oxygens (including phenoxy) is 1. The van der Waals surface area contributed by atoms with Gasteiger partial charge in [-0.15, -0.1) is 0 Å². The average Bonchev–Trinajstić information content (AvgIpc) is 2.29. The lowest BCUT2D eigenvalue weighted by molar-refractivity contribution is -0.139. The molecular weight excluding hydrogens is 245 g/mol. The minimum Gasteiger partial charge on any atom is -0.369 e. The van der Waals surface area contributed by atoms with Gasteiger partial charge in [0.25, 0.3) is 0 Å². The summed E-state index contributed by atoms with van der Waals surface area (Å²) >= 11 is 0. The molecule has 0 saturated carbocycles. The Morgan fingerprint density at radius 3 is 2.39 bits per heavy atom. The van der Waals surface area contributed by atoms with Gasteiger partial charge in [0, 0.05) is 20.0 Å². The summed E-state index contributed by atoms with van der Waals surface area (Å²) in [7, 11) is 1.37. The Balaban J connectivity index is 2.54. The van der Waals surface area contributed by atoms with E-state index in [0.717, 1.165) is 0 Å². The Hall–Kier alpha value is -1.36. The van der Waals surface area contributed by atoms with Crippen molar-refractivity contribution in [1.82, 2.24) is 0 Å². The molecule has 0 saturated heterocycles. The first kappa shape index (κ1) is 14.7. The second kappa shape index (κ2) is 6.54. The molecule has 1 rings (SSSR count). The number of benzene rings is 1. The van der Waals surface area contributed by atoms with Crippen LogP contribution in [0.5, 0.6) is 0 Å². The number of rotatable bonds is 6. The summed E-state index contributed by atoms with van der Waals surface area (Å²) in [6.07, 6.45) is -6.26. The first-order valence-electron chi connectivity index (χ1n) is 5.61. The molecule has 0 radical (unpaired) electrons. The molecule has 0 bridgehead atoms. The highest BCUT2D eigenvalue weighted by atomic mass is 19.4. The maximum atomic E-state index is 12.0. The highest BCUT2D eigenvalue weighted by Gasteiger charge is 2.27. The van der Waals surface area contributed by atoms with Crippen molar-refractivity contribution in [2.75, 3.05) is 7.11 Å². The number of hydrogen-bond acceptors (Lipinski definition) is 2. The third-order valence-electron chi connectivity index (χ3n) is 2.51. The van der Waals surface area contributed by atoms with Crippen molar-refractivity contribution >= 4 is 5.78 Å². The first-order chi connectivity index (χ1) is 8.44. The van der Waals surface area contributed by atoms with Crippen LogP contribution in [0, 0.1) is 0 Å². The molecule has 0 heterocycles. The molecule has 1 atom stereocenters. The van der Waals surface area contributed by atoms with Gasteiger partial charge in [0.2, 0.25) is 0 Å². The molecule has 0 aliphatic heterocycles. The minimum atomic E-state index is -4.21. The van der Waals surface area contributed by atoms with E-state index in [9.17, 15) is 18.0 Å². The molecule has 1 aromatic rings. The predicted molar refractivity (Wildman–Crippen MR) is 61.1 cm³/mol. The molecular formula is C13H15F3O2. The first-order valence-corrected chi connectivity index (χ1v) is 5.61. The minimum absolute atomic E-state index is 0.132. The quantitative estimate of drug-likeness (QED) is 0.780. The SMILES string of the molecule is COC(C(=O)CCCC(F)(F)F)c1ccccc1. The van der Waals surface area contributed by atoms with E-state index in [-0.39, 0.29) is 18.6 Å². The van der Waals surface area contributed by atoms with Crippen molar-refractivity contribution in [2.24, 2.45) is 0 Å². The summed E-state index contributed by atoms with van der Waals surface area (Å²) in [6, 6.07) is 8.74. The van der Waals surface area contributed by atoms with Gasteiger partial charge in [0.1, 0.15) is 6.10 Å². The summed E-state index contributed by atoms with van der Waals surface area (Å²) in [5.74, 6) is -0.326. The zero-order valence-corrected chi connectivity index (χ0v) is 10.0. The van der Waals surface area contributed by atoms with E-state index >= 15 is 0 Å². The fraction of sp³-hybridized carbons (Fsp3) is 0.462. The number of ketones is 1. The van der Waals surface area contributed by atoms with Crippen LogP contribution in [0.1, 0.15) is 30.9 Å². The lowest BCUT2D eigenvalue weighted by Crippen LogP contribution is -2.16. The second-order valence-corrected chi connectivity index (χ2v) is 3.96. The maximum absolute atomic E-state index is 12.0. The topological polar surface area (TPSA) is 26.3 Å². The smallest absolute Gasteiger partial charge is 0.369 e. The number of alkyl halides is 3. The van der Waals surface area contributed by atoms with Gasteiger partial charge in [-0.25, -0.2) is 0 Å². The largest absolute Gasteiger partial charge is 0.389 e. The van der Waals surface area contributed by atoms with Gasteiger partial charge < -0.3 is 4.74 Å². The Morgan fingerprint density at radius 2 is 1.89 bits per heavy atom. The van der Waals surface area contributed by atoms with Crippen molar-refractivity contribution < 1.29 is 22.7 Å². The molecule has 0 spiro atoms. The van der Waals surface area contributed by atoms with E-state index in [0.29, 0.717) is 5.56 Å². The normalized spacial score (nSPS) is 13.3. The van der Waals surface area contributed by atoms with Crippen molar-refractivity contribution in [3.05, 3.63) is 35.9 Å². The van der Waals surface area contributed by atoms with Gasteiger partial charge >= 0.3 is 6.18 Å². The summed E-state index contributed by atoms with van der Waals surface area (Å²) in [5, 5.41) is 0. The fourth-order valence-electron chi connectivity index (χ4n) is 1.68. The highest BCUT2D eigenvalue weighted by Crippen LogP contribution is 2.25. The van der Waals surface area contributed by atoms with Crippen molar-refractivity contribution in [1.29, 1.82) is 0 Å². The lowest BCUT2D eigenvalue weighted by atomic mass is 10.0. The molecule has 1 unspecified atom stereocenters. The average molecular weight is 260 g/mol. The van der Waals surface area contributed by atoms with Crippen molar-refractivity contribution in [3.8, 4) is 0 Å². The lowest BCUT2D eigenvalue weighted by Gasteiger charge is -2.14. The molecule has 0 fully saturated rings. The molecule has 1 aromatic carbocycles. The van der Waals surface area contributed by atoms with E-state index in [1.54, 1.807) is 30.3 Å². The molecule has 100 valence electrons. The summed E-state index contributed by atoms with van der Waals surface area (Å²) < 4.78 is 41.0. The molecule has 0 aliphatic rings. The van der Waals surface area contributed by atoms with E-state index in [2.05, 4.69) is 0 Å². The molecule has 0 N–H and O–H groups in total. The second-order valence-electron chi connectivity index (χ2n) is 3.96. The van der Waals surface area contributed by atoms with Crippen molar-refractivity contribution in [2.45, 2.75) is 31.5 Å². The van der Waals surface area contributed by atoms with Gasteiger partial charge in [-0.05, 0) is 12.0 Å². The molecule has 5 heteroatoms. The van der Waals surface area contributed by atoms with E-state index in [4.69, 9.17) is 4.74 Å². The third kappa shape index (κ3) is 4.87. The predicted octanol–water partition coefficient (Wildman–Crippen LogP) is 3.68. The van der Waals surface area contributed by atoms with Crippen LogP contribution < -0.4 is 0 Å². The Labute approximate surface area is 104 Å². The van der Waals surface area contributed by atoms with Gasteiger partial charge in [0.15, 0.2) is 5.78 Å². The number of Topliss-reactive ketones (excluding diaryl/α,β-unsaturated/α-hetero) is 1. The Kier molecular flexibility index (Phi) is 5.34. The van der Waals surface area contributed by atoms with E-state index in [1.807, 2.05) is 0 Å².